The summed E-state index contributed by atoms with van der Waals surface area (Å²) in [6.45, 7) is 8.83. The van der Waals surface area contributed by atoms with Gasteiger partial charge in [0.25, 0.3) is 0 Å². The van der Waals surface area contributed by atoms with E-state index in [1.54, 1.807) is 0 Å². The SMILES string of the molecule is C=CC1=C(N=C)CNC1. The predicted molar refractivity (Wildman–Crippen MR) is 39.6 cm³/mol. The summed E-state index contributed by atoms with van der Waals surface area (Å²) >= 11 is 0. The van der Waals surface area contributed by atoms with E-state index in [1.165, 1.54) is 5.57 Å². The summed E-state index contributed by atoms with van der Waals surface area (Å²) in [6.07, 6.45) is 1.82. The Morgan fingerprint density at radius 2 is 2.33 bits per heavy atom. The zero-order chi connectivity index (χ0) is 6.69. The molecule has 0 aromatic rings. The standard InChI is InChI=1S/C7H10N2/c1-3-6-4-9-5-7(6)8-2/h3,9H,1-2,4-5H2. The van der Waals surface area contributed by atoms with Gasteiger partial charge in [-0.25, -0.2) is 0 Å². The molecule has 2 nitrogen and oxygen atoms in total. The third kappa shape index (κ3) is 1.08. The van der Waals surface area contributed by atoms with Gasteiger partial charge in [-0.15, -0.1) is 0 Å². The molecule has 1 aliphatic rings. The summed E-state index contributed by atoms with van der Waals surface area (Å²) in [5, 5.41) is 3.15. The third-order valence-electron chi connectivity index (χ3n) is 1.42. The highest BCUT2D eigenvalue weighted by Gasteiger charge is 2.07. The van der Waals surface area contributed by atoms with Crippen LogP contribution in [-0.2, 0) is 0 Å². The Hall–Kier alpha value is -0.890. The van der Waals surface area contributed by atoms with Crippen LogP contribution in [0.3, 0.4) is 0 Å². The van der Waals surface area contributed by atoms with Crippen molar-refractivity contribution in [2.24, 2.45) is 4.99 Å². The van der Waals surface area contributed by atoms with E-state index >= 15 is 0 Å². The van der Waals surface area contributed by atoms with Crippen molar-refractivity contribution in [1.29, 1.82) is 0 Å². The molecule has 1 aliphatic heterocycles. The lowest BCUT2D eigenvalue weighted by Gasteiger charge is -1.89. The number of aliphatic imine (C=N–C) groups is 1. The van der Waals surface area contributed by atoms with Gasteiger partial charge in [-0.1, -0.05) is 12.7 Å². The lowest BCUT2D eigenvalue weighted by atomic mass is 10.2. The average Bonchev–Trinajstić information content (AvgIpc) is 2.33. The van der Waals surface area contributed by atoms with Gasteiger partial charge in [-0.05, 0) is 12.3 Å². The Morgan fingerprint density at radius 3 is 2.78 bits per heavy atom. The summed E-state index contributed by atoms with van der Waals surface area (Å²) in [7, 11) is 0. The molecular formula is C7H10N2. The maximum absolute atomic E-state index is 3.84. The summed E-state index contributed by atoms with van der Waals surface area (Å²) in [5.41, 5.74) is 2.20. The van der Waals surface area contributed by atoms with E-state index in [1.807, 2.05) is 6.08 Å². The zero-order valence-corrected chi connectivity index (χ0v) is 5.35. The van der Waals surface area contributed by atoms with Crippen LogP contribution in [0, 0.1) is 0 Å². The van der Waals surface area contributed by atoms with Gasteiger partial charge in [0.15, 0.2) is 0 Å². The Balaban J connectivity index is 2.81. The van der Waals surface area contributed by atoms with Crippen molar-refractivity contribution in [2.75, 3.05) is 13.1 Å². The highest BCUT2D eigenvalue weighted by Crippen LogP contribution is 2.09. The van der Waals surface area contributed by atoms with Crippen LogP contribution < -0.4 is 5.32 Å². The molecule has 2 heteroatoms. The third-order valence-corrected chi connectivity index (χ3v) is 1.42. The van der Waals surface area contributed by atoms with E-state index in [2.05, 4.69) is 23.6 Å². The first-order valence-electron chi connectivity index (χ1n) is 2.90. The topological polar surface area (TPSA) is 24.4 Å². The molecule has 1 rings (SSSR count). The number of hydrogen-bond acceptors (Lipinski definition) is 2. The van der Waals surface area contributed by atoms with Gasteiger partial charge in [-0.2, -0.15) is 0 Å². The van der Waals surface area contributed by atoms with Gasteiger partial charge < -0.3 is 5.32 Å². The van der Waals surface area contributed by atoms with Crippen molar-refractivity contribution in [3.05, 3.63) is 23.9 Å². The second-order valence-electron chi connectivity index (χ2n) is 1.94. The van der Waals surface area contributed by atoms with Crippen LogP contribution >= 0.6 is 0 Å². The van der Waals surface area contributed by atoms with Crippen molar-refractivity contribution < 1.29 is 0 Å². The number of nitrogens with zero attached hydrogens (tertiary/aromatic N) is 1. The van der Waals surface area contributed by atoms with Gasteiger partial charge in [-0.3, -0.25) is 4.99 Å². The Morgan fingerprint density at radius 1 is 1.56 bits per heavy atom. The summed E-state index contributed by atoms with van der Waals surface area (Å²) in [6, 6.07) is 0. The monoisotopic (exact) mass is 122 g/mol. The largest absolute Gasteiger partial charge is 0.307 e. The molecule has 1 heterocycles. The van der Waals surface area contributed by atoms with Crippen LogP contribution in [0.5, 0.6) is 0 Å². The zero-order valence-electron chi connectivity index (χ0n) is 5.35. The number of rotatable bonds is 2. The first-order valence-corrected chi connectivity index (χ1v) is 2.90. The highest BCUT2D eigenvalue weighted by molar-refractivity contribution is 5.37. The summed E-state index contributed by atoms with van der Waals surface area (Å²) < 4.78 is 0. The van der Waals surface area contributed by atoms with Crippen LogP contribution in [0.25, 0.3) is 0 Å². The molecule has 0 aliphatic carbocycles. The Labute approximate surface area is 55.0 Å². The first-order chi connectivity index (χ1) is 4.38. The molecule has 0 spiro atoms. The fraction of sp³-hybridized carbons (Fsp3) is 0.286. The Bertz CT molecular complexity index is 150. The van der Waals surface area contributed by atoms with Crippen molar-refractivity contribution in [2.45, 2.75) is 0 Å². The van der Waals surface area contributed by atoms with E-state index in [0.29, 0.717) is 0 Å². The molecule has 0 atom stereocenters. The summed E-state index contributed by atoms with van der Waals surface area (Å²) in [4.78, 5) is 3.84. The lowest BCUT2D eigenvalue weighted by Crippen LogP contribution is -2.08. The molecule has 48 valence electrons. The maximum Gasteiger partial charge on any atom is 0.0579 e. The second kappa shape index (κ2) is 2.60. The lowest BCUT2D eigenvalue weighted by molar-refractivity contribution is 0.865. The van der Waals surface area contributed by atoms with Crippen molar-refractivity contribution in [3.63, 3.8) is 0 Å². The van der Waals surface area contributed by atoms with Crippen molar-refractivity contribution in [3.8, 4) is 0 Å². The van der Waals surface area contributed by atoms with Gasteiger partial charge in [0, 0.05) is 13.1 Å². The fourth-order valence-corrected chi connectivity index (χ4v) is 0.879. The molecule has 0 saturated heterocycles. The Kier molecular flexibility index (Phi) is 1.80. The summed E-state index contributed by atoms with van der Waals surface area (Å²) in [5.74, 6) is 0. The molecule has 0 unspecified atom stereocenters. The molecule has 0 aromatic carbocycles. The average molecular weight is 122 g/mol. The van der Waals surface area contributed by atoms with E-state index < -0.39 is 0 Å². The van der Waals surface area contributed by atoms with Crippen molar-refractivity contribution in [1.82, 2.24) is 5.32 Å². The van der Waals surface area contributed by atoms with Gasteiger partial charge in [0.2, 0.25) is 0 Å². The maximum atomic E-state index is 3.84. The first kappa shape index (κ1) is 6.23. The van der Waals surface area contributed by atoms with Gasteiger partial charge >= 0.3 is 0 Å². The highest BCUT2D eigenvalue weighted by atomic mass is 14.9. The van der Waals surface area contributed by atoms with E-state index in [0.717, 1.165) is 18.8 Å². The molecule has 0 fully saturated rings. The van der Waals surface area contributed by atoms with Crippen LogP contribution in [0.2, 0.25) is 0 Å². The minimum atomic E-state index is 0.838. The predicted octanol–water partition coefficient (Wildman–Crippen LogP) is 0.730. The normalized spacial score (nSPS) is 18.2. The molecule has 0 saturated carbocycles. The molecule has 0 aromatic heterocycles. The van der Waals surface area contributed by atoms with Crippen LogP contribution in [0.15, 0.2) is 28.9 Å². The minimum absolute atomic E-state index is 0.838. The van der Waals surface area contributed by atoms with Crippen LogP contribution in [-0.4, -0.2) is 19.8 Å². The molecule has 0 bridgehead atoms. The van der Waals surface area contributed by atoms with E-state index in [-0.39, 0.29) is 0 Å². The molecule has 1 N–H and O–H groups in total. The minimum Gasteiger partial charge on any atom is -0.307 e. The fourth-order valence-electron chi connectivity index (χ4n) is 0.879. The number of hydrogen-bond donors (Lipinski definition) is 1. The molecule has 0 amide bonds. The molecule has 9 heavy (non-hydrogen) atoms. The number of nitrogens with one attached hydrogen (secondary N) is 1. The van der Waals surface area contributed by atoms with Crippen LogP contribution in [0.1, 0.15) is 0 Å². The van der Waals surface area contributed by atoms with E-state index in [4.69, 9.17) is 0 Å². The second-order valence-corrected chi connectivity index (χ2v) is 1.94. The van der Waals surface area contributed by atoms with Gasteiger partial charge in [0.05, 0.1) is 5.70 Å². The quantitative estimate of drug-likeness (QED) is 0.536. The van der Waals surface area contributed by atoms with Gasteiger partial charge in [0.1, 0.15) is 0 Å². The van der Waals surface area contributed by atoms with Crippen LogP contribution in [0.4, 0.5) is 0 Å². The van der Waals surface area contributed by atoms with E-state index in [9.17, 15) is 0 Å². The molecule has 0 radical (unpaired) electrons. The van der Waals surface area contributed by atoms with Crippen molar-refractivity contribution >= 4 is 6.72 Å². The molecular weight excluding hydrogens is 112 g/mol. The smallest absolute Gasteiger partial charge is 0.0579 e.